The van der Waals surface area contributed by atoms with Crippen LogP contribution in [0.5, 0.6) is 0 Å². The van der Waals surface area contributed by atoms with Gasteiger partial charge in [0.25, 0.3) is 0 Å². The number of ether oxygens (including phenoxy) is 1. The van der Waals surface area contributed by atoms with E-state index in [0.29, 0.717) is 11.6 Å². The van der Waals surface area contributed by atoms with Gasteiger partial charge in [0.2, 0.25) is 5.91 Å². The van der Waals surface area contributed by atoms with Crippen molar-refractivity contribution >= 4 is 29.3 Å². The minimum atomic E-state index is -4.58. The molecule has 29 heavy (non-hydrogen) atoms. The van der Waals surface area contributed by atoms with E-state index in [9.17, 15) is 22.8 Å². The van der Waals surface area contributed by atoms with Crippen LogP contribution in [0.1, 0.15) is 17.7 Å². The lowest BCUT2D eigenvalue weighted by atomic mass is 10.2. The molecule has 0 aliphatic carbocycles. The van der Waals surface area contributed by atoms with Gasteiger partial charge in [-0.1, -0.05) is 29.8 Å². The normalized spacial score (nSPS) is 12.3. The fraction of sp³-hybridized carbons (Fsp3) is 0.278. The first-order valence-electron chi connectivity index (χ1n) is 8.38. The number of primary amides is 1. The second-order valence-electron chi connectivity index (χ2n) is 5.97. The molecule has 1 aromatic carbocycles. The lowest BCUT2D eigenvalue weighted by Crippen LogP contribution is -2.35. The predicted octanol–water partition coefficient (Wildman–Crippen LogP) is 3.34. The average Bonchev–Trinajstić information content (AvgIpc) is 2.62. The van der Waals surface area contributed by atoms with Crippen molar-refractivity contribution in [1.82, 2.24) is 10.3 Å². The Morgan fingerprint density at radius 1 is 1.21 bits per heavy atom. The Labute approximate surface area is 169 Å². The summed E-state index contributed by atoms with van der Waals surface area (Å²) >= 11 is 6.05. The van der Waals surface area contributed by atoms with E-state index < -0.39 is 30.0 Å². The molecule has 0 aliphatic heterocycles. The van der Waals surface area contributed by atoms with Crippen LogP contribution in [0.2, 0.25) is 5.02 Å². The molecule has 1 heterocycles. The highest BCUT2D eigenvalue weighted by molar-refractivity contribution is 6.31. The van der Waals surface area contributed by atoms with Crippen molar-refractivity contribution in [2.45, 2.75) is 25.2 Å². The Kier molecular flexibility index (Phi) is 7.80. The molecule has 1 unspecified atom stereocenters. The second-order valence-corrected chi connectivity index (χ2v) is 6.38. The summed E-state index contributed by atoms with van der Waals surface area (Å²) in [4.78, 5) is 26.4. The molecule has 156 valence electrons. The number of carbonyl (C=O) groups excluding carboxylic acids is 2. The zero-order valence-electron chi connectivity index (χ0n) is 15.0. The summed E-state index contributed by atoms with van der Waals surface area (Å²) in [5.41, 5.74) is 4.90. The van der Waals surface area contributed by atoms with Crippen molar-refractivity contribution < 1.29 is 27.5 Å². The standard InChI is InChI=1S/C18H18ClF3N4O3/c19-14-4-2-1-3-11(14)8-24-10-13(7-16(23)27)29-17(28)26-12-5-6-15(25-9-12)18(20,21)22/h1-6,9,13,24H,7-8,10H2,(H2,23,27)(H,26,28). The average molecular weight is 431 g/mol. The fourth-order valence-corrected chi connectivity index (χ4v) is 2.53. The molecule has 2 amide bonds. The number of benzene rings is 1. The first-order chi connectivity index (χ1) is 13.6. The van der Waals surface area contributed by atoms with Gasteiger partial charge < -0.3 is 15.8 Å². The number of nitrogens with zero attached hydrogens (tertiary/aromatic N) is 1. The summed E-state index contributed by atoms with van der Waals surface area (Å²) in [5, 5.41) is 5.81. The topological polar surface area (TPSA) is 106 Å². The minimum Gasteiger partial charge on any atom is -0.444 e. The van der Waals surface area contributed by atoms with Gasteiger partial charge >= 0.3 is 12.3 Å². The summed E-state index contributed by atoms with van der Waals surface area (Å²) < 4.78 is 42.7. The number of anilines is 1. The van der Waals surface area contributed by atoms with Gasteiger partial charge in [-0.2, -0.15) is 13.2 Å². The highest BCUT2D eigenvalue weighted by Gasteiger charge is 2.32. The number of hydrogen-bond acceptors (Lipinski definition) is 5. The van der Waals surface area contributed by atoms with Gasteiger partial charge in [-0.25, -0.2) is 9.78 Å². The summed E-state index contributed by atoms with van der Waals surface area (Å²) in [6.45, 7) is 0.468. The molecule has 0 bridgehead atoms. The summed E-state index contributed by atoms with van der Waals surface area (Å²) in [7, 11) is 0. The smallest absolute Gasteiger partial charge is 0.433 e. The maximum atomic E-state index is 12.5. The molecule has 2 rings (SSSR count). The molecule has 0 fully saturated rings. The number of alkyl halides is 3. The van der Waals surface area contributed by atoms with Crippen molar-refractivity contribution in [2.75, 3.05) is 11.9 Å². The second kappa shape index (κ2) is 10.1. The van der Waals surface area contributed by atoms with Crippen LogP contribution in [0.4, 0.5) is 23.7 Å². The maximum Gasteiger partial charge on any atom is 0.433 e. The van der Waals surface area contributed by atoms with Crippen LogP contribution in [0, 0.1) is 0 Å². The molecule has 0 saturated carbocycles. The summed E-state index contributed by atoms with van der Waals surface area (Å²) in [6.07, 6.45) is -5.83. The lowest BCUT2D eigenvalue weighted by Gasteiger charge is -2.18. The third kappa shape index (κ3) is 7.59. The molecular formula is C18H18ClF3N4O3. The van der Waals surface area contributed by atoms with E-state index in [1.807, 2.05) is 12.1 Å². The molecule has 4 N–H and O–H groups in total. The van der Waals surface area contributed by atoms with Gasteiger partial charge in [-0.15, -0.1) is 0 Å². The summed E-state index contributed by atoms with van der Waals surface area (Å²) in [5.74, 6) is -0.682. The molecular weight excluding hydrogens is 413 g/mol. The van der Waals surface area contributed by atoms with Crippen LogP contribution in [0.15, 0.2) is 42.6 Å². The third-order valence-electron chi connectivity index (χ3n) is 3.65. The number of pyridine rings is 1. The van der Waals surface area contributed by atoms with Crippen LogP contribution < -0.4 is 16.4 Å². The molecule has 0 aliphatic rings. The van der Waals surface area contributed by atoms with Crippen molar-refractivity contribution in [3.63, 3.8) is 0 Å². The first-order valence-corrected chi connectivity index (χ1v) is 8.76. The number of carbonyl (C=O) groups is 2. The van der Waals surface area contributed by atoms with Gasteiger partial charge in [-0.3, -0.25) is 10.1 Å². The molecule has 2 aromatic rings. The van der Waals surface area contributed by atoms with E-state index in [4.69, 9.17) is 22.1 Å². The number of aromatic nitrogens is 1. The molecule has 7 nitrogen and oxygen atoms in total. The van der Waals surface area contributed by atoms with Crippen molar-refractivity contribution in [2.24, 2.45) is 5.73 Å². The number of nitrogens with one attached hydrogen (secondary N) is 2. The van der Waals surface area contributed by atoms with E-state index >= 15 is 0 Å². The Balaban J connectivity index is 1.90. The fourth-order valence-electron chi connectivity index (χ4n) is 2.32. The molecule has 0 saturated heterocycles. The number of nitrogens with two attached hydrogens (primary N) is 1. The third-order valence-corrected chi connectivity index (χ3v) is 4.02. The van der Waals surface area contributed by atoms with Gasteiger partial charge in [0.1, 0.15) is 11.8 Å². The van der Waals surface area contributed by atoms with Crippen molar-refractivity contribution in [1.29, 1.82) is 0 Å². The first kappa shape index (κ1) is 22.4. The zero-order valence-corrected chi connectivity index (χ0v) is 15.8. The number of rotatable bonds is 8. The lowest BCUT2D eigenvalue weighted by molar-refractivity contribution is -0.141. The highest BCUT2D eigenvalue weighted by Crippen LogP contribution is 2.27. The number of amides is 2. The minimum absolute atomic E-state index is 0.00449. The molecule has 0 spiro atoms. The molecule has 0 radical (unpaired) electrons. The van der Waals surface area contributed by atoms with E-state index in [1.54, 1.807) is 12.1 Å². The van der Waals surface area contributed by atoms with Crippen LogP contribution in [0.25, 0.3) is 0 Å². The Bertz CT molecular complexity index is 847. The van der Waals surface area contributed by atoms with Crippen LogP contribution in [0.3, 0.4) is 0 Å². The monoisotopic (exact) mass is 430 g/mol. The van der Waals surface area contributed by atoms with E-state index in [2.05, 4.69) is 15.6 Å². The number of halogens is 4. The SMILES string of the molecule is NC(=O)CC(CNCc1ccccc1Cl)OC(=O)Nc1ccc(C(F)(F)F)nc1. The van der Waals surface area contributed by atoms with Crippen LogP contribution in [-0.4, -0.2) is 29.6 Å². The Hall–Kier alpha value is -2.85. The van der Waals surface area contributed by atoms with E-state index in [0.717, 1.165) is 23.9 Å². The van der Waals surface area contributed by atoms with Crippen LogP contribution >= 0.6 is 11.6 Å². The largest absolute Gasteiger partial charge is 0.444 e. The number of hydrogen-bond donors (Lipinski definition) is 3. The van der Waals surface area contributed by atoms with Crippen molar-refractivity contribution in [3.05, 3.63) is 58.9 Å². The van der Waals surface area contributed by atoms with E-state index in [1.165, 1.54) is 0 Å². The Morgan fingerprint density at radius 3 is 2.52 bits per heavy atom. The zero-order chi connectivity index (χ0) is 21.4. The molecule has 1 atom stereocenters. The van der Waals surface area contributed by atoms with Crippen LogP contribution in [-0.2, 0) is 22.3 Å². The quantitative estimate of drug-likeness (QED) is 0.595. The predicted molar refractivity (Wildman–Crippen MR) is 100 cm³/mol. The van der Waals surface area contributed by atoms with Crippen molar-refractivity contribution in [3.8, 4) is 0 Å². The van der Waals surface area contributed by atoms with Gasteiger partial charge in [0.05, 0.1) is 18.3 Å². The highest BCUT2D eigenvalue weighted by atomic mass is 35.5. The molecule has 11 heteroatoms. The molecule has 1 aromatic heterocycles. The summed E-state index contributed by atoms with van der Waals surface area (Å²) in [6, 6.07) is 8.89. The maximum absolute atomic E-state index is 12.5. The van der Waals surface area contributed by atoms with Gasteiger partial charge in [0.15, 0.2) is 0 Å². The van der Waals surface area contributed by atoms with Gasteiger partial charge in [0, 0.05) is 18.1 Å². The van der Waals surface area contributed by atoms with Gasteiger partial charge in [-0.05, 0) is 23.8 Å². The Morgan fingerprint density at radius 2 is 1.93 bits per heavy atom. The van der Waals surface area contributed by atoms with E-state index in [-0.39, 0.29) is 18.7 Å².